The zero-order valence-electron chi connectivity index (χ0n) is 14.4. The standard InChI is InChI=1S/C16H20BCl2NO3S/c1-10(21)24-9-11(6-14-13(19)7-12(18)8-20-14)17-22-15(2,3)16(4,5)23-17/h6-8H,9H2,1-5H3. The molecule has 0 spiro atoms. The van der Waals surface area contributed by atoms with Crippen molar-refractivity contribution in [2.75, 3.05) is 5.75 Å². The van der Waals surface area contributed by atoms with Crippen molar-refractivity contribution < 1.29 is 14.1 Å². The first kappa shape index (κ1) is 19.8. The third-order valence-corrected chi connectivity index (χ3v) is 5.55. The van der Waals surface area contributed by atoms with Crippen molar-refractivity contribution in [3.63, 3.8) is 0 Å². The molecule has 1 aliphatic heterocycles. The molecule has 0 saturated carbocycles. The summed E-state index contributed by atoms with van der Waals surface area (Å²) in [5, 5.41) is 0.921. The molecule has 0 N–H and O–H groups in total. The Morgan fingerprint density at radius 2 is 1.88 bits per heavy atom. The molecule has 1 aromatic rings. The maximum Gasteiger partial charge on any atom is 0.491 e. The molecule has 24 heavy (non-hydrogen) atoms. The highest BCUT2D eigenvalue weighted by molar-refractivity contribution is 8.13. The van der Waals surface area contributed by atoms with Gasteiger partial charge in [-0.05, 0) is 45.3 Å². The SMILES string of the molecule is CC(=O)SCC(=Cc1ncc(Cl)cc1Cl)B1OC(C)(C)C(C)(C)O1. The lowest BCUT2D eigenvalue weighted by Crippen LogP contribution is -2.41. The molecule has 2 heterocycles. The lowest BCUT2D eigenvalue weighted by Gasteiger charge is -2.32. The Labute approximate surface area is 157 Å². The number of rotatable bonds is 4. The lowest BCUT2D eigenvalue weighted by atomic mass is 9.78. The summed E-state index contributed by atoms with van der Waals surface area (Å²) >= 11 is 13.3. The van der Waals surface area contributed by atoms with Gasteiger partial charge < -0.3 is 9.31 Å². The Kier molecular flexibility index (Phi) is 6.09. The van der Waals surface area contributed by atoms with E-state index in [4.69, 9.17) is 32.5 Å². The van der Waals surface area contributed by atoms with Gasteiger partial charge in [-0.15, -0.1) is 0 Å². The van der Waals surface area contributed by atoms with Crippen LogP contribution in [0.1, 0.15) is 40.3 Å². The molecule has 0 amide bonds. The molecular formula is C16H20BCl2NO3S. The van der Waals surface area contributed by atoms with E-state index in [0.29, 0.717) is 21.5 Å². The molecule has 0 unspecified atom stereocenters. The zero-order valence-corrected chi connectivity index (χ0v) is 16.7. The molecule has 0 bridgehead atoms. The van der Waals surface area contributed by atoms with Crippen molar-refractivity contribution in [3.8, 4) is 0 Å². The van der Waals surface area contributed by atoms with Crippen molar-refractivity contribution in [2.24, 2.45) is 0 Å². The number of halogens is 2. The second-order valence-electron chi connectivity index (χ2n) is 6.61. The van der Waals surface area contributed by atoms with E-state index in [-0.39, 0.29) is 5.12 Å². The predicted octanol–water partition coefficient (Wildman–Crippen LogP) is 4.68. The van der Waals surface area contributed by atoms with Gasteiger partial charge >= 0.3 is 7.12 Å². The summed E-state index contributed by atoms with van der Waals surface area (Å²) in [6.07, 6.45) is 3.33. The molecule has 0 radical (unpaired) electrons. The molecule has 8 heteroatoms. The second-order valence-corrected chi connectivity index (χ2v) is 8.60. The fraction of sp³-hybridized carbons (Fsp3) is 0.500. The number of thioether (sulfide) groups is 1. The van der Waals surface area contributed by atoms with E-state index in [2.05, 4.69) is 4.98 Å². The van der Waals surface area contributed by atoms with Crippen LogP contribution in [0.5, 0.6) is 0 Å². The van der Waals surface area contributed by atoms with Crippen LogP contribution >= 0.6 is 35.0 Å². The van der Waals surface area contributed by atoms with Crippen molar-refractivity contribution in [2.45, 2.75) is 45.8 Å². The Bertz CT molecular complexity index is 663. The largest absolute Gasteiger partial charge is 0.491 e. The van der Waals surface area contributed by atoms with Gasteiger partial charge in [0.05, 0.1) is 26.9 Å². The minimum Gasteiger partial charge on any atom is -0.400 e. The van der Waals surface area contributed by atoms with E-state index in [9.17, 15) is 4.79 Å². The van der Waals surface area contributed by atoms with Crippen LogP contribution in [0.3, 0.4) is 0 Å². The van der Waals surface area contributed by atoms with Gasteiger partial charge in [-0.3, -0.25) is 9.78 Å². The Balaban J connectivity index is 2.35. The number of pyridine rings is 1. The van der Waals surface area contributed by atoms with Gasteiger partial charge in [0.25, 0.3) is 0 Å². The van der Waals surface area contributed by atoms with Crippen molar-refractivity contribution in [1.82, 2.24) is 4.98 Å². The summed E-state index contributed by atoms with van der Waals surface area (Å²) in [6, 6.07) is 1.63. The number of aromatic nitrogens is 1. The minimum atomic E-state index is -0.560. The Hall–Kier alpha value is -0.525. The van der Waals surface area contributed by atoms with Crippen LogP contribution in [0, 0.1) is 0 Å². The number of carbonyl (C=O) groups excluding carboxylic acids is 1. The minimum absolute atomic E-state index is 0.0209. The van der Waals surface area contributed by atoms with E-state index in [1.54, 1.807) is 12.1 Å². The summed E-state index contributed by atoms with van der Waals surface area (Å²) in [4.78, 5) is 15.6. The third-order valence-electron chi connectivity index (χ3n) is 4.16. The average Bonchev–Trinajstić information content (AvgIpc) is 2.65. The topological polar surface area (TPSA) is 48.4 Å². The van der Waals surface area contributed by atoms with Crippen molar-refractivity contribution in [1.29, 1.82) is 0 Å². The van der Waals surface area contributed by atoms with Gasteiger partial charge in [0.15, 0.2) is 5.12 Å². The van der Waals surface area contributed by atoms with Gasteiger partial charge in [0.2, 0.25) is 0 Å². The quantitative estimate of drug-likeness (QED) is 0.701. The lowest BCUT2D eigenvalue weighted by molar-refractivity contribution is -0.109. The van der Waals surface area contributed by atoms with Crippen LogP contribution in [-0.2, 0) is 14.1 Å². The van der Waals surface area contributed by atoms with Crippen LogP contribution in [0.15, 0.2) is 17.7 Å². The highest BCUT2D eigenvalue weighted by Crippen LogP contribution is 2.39. The Morgan fingerprint density at radius 1 is 1.29 bits per heavy atom. The maximum absolute atomic E-state index is 11.4. The van der Waals surface area contributed by atoms with Crippen LogP contribution in [0.4, 0.5) is 0 Å². The normalized spacial score (nSPS) is 19.6. The highest BCUT2D eigenvalue weighted by Gasteiger charge is 2.52. The zero-order chi connectivity index (χ0) is 18.1. The molecule has 0 aliphatic carbocycles. The molecule has 1 saturated heterocycles. The van der Waals surface area contributed by atoms with E-state index >= 15 is 0 Å². The number of carbonyl (C=O) groups is 1. The van der Waals surface area contributed by atoms with Gasteiger partial charge in [-0.1, -0.05) is 35.0 Å². The number of hydrogen-bond donors (Lipinski definition) is 0. The maximum atomic E-state index is 11.4. The fourth-order valence-electron chi connectivity index (χ4n) is 2.06. The molecule has 0 atom stereocenters. The first-order valence-corrected chi connectivity index (χ1v) is 9.26. The molecular weight excluding hydrogens is 368 g/mol. The molecule has 4 nitrogen and oxygen atoms in total. The third kappa shape index (κ3) is 4.55. The Morgan fingerprint density at radius 3 is 2.38 bits per heavy atom. The fourth-order valence-corrected chi connectivity index (χ4v) is 3.09. The molecule has 2 rings (SSSR count). The van der Waals surface area contributed by atoms with Crippen LogP contribution in [0.2, 0.25) is 10.0 Å². The molecule has 130 valence electrons. The molecule has 1 aliphatic rings. The monoisotopic (exact) mass is 387 g/mol. The number of hydrogen-bond acceptors (Lipinski definition) is 5. The van der Waals surface area contributed by atoms with Crippen LogP contribution in [0.25, 0.3) is 6.08 Å². The summed E-state index contributed by atoms with van der Waals surface area (Å²) in [5.41, 5.74) is 0.435. The molecule has 0 aromatic carbocycles. The van der Waals surface area contributed by atoms with E-state index in [1.807, 2.05) is 27.7 Å². The highest BCUT2D eigenvalue weighted by atomic mass is 35.5. The summed E-state index contributed by atoms with van der Waals surface area (Å²) < 4.78 is 12.2. The average molecular weight is 388 g/mol. The first-order chi connectivity index (χ1) is 11.0. The van der Waals surface area contributed by atoms with Gasteiger partial charge in [0, 0.05) is 18.9 Å². The molecule has 1 aromatic heterocycles. The summed E-state index contributed by atoms with van der Waals surface area (Å²) in [6.45, 7) is 9.46. The molecule has 1 fully saturated rings. The second kappa shape index (κ2) is 7.38. The first-order valence-electron chi connectivity index (χ1n) is 7.52. The van der Waals surface area contributed by atoms with E-state index < -0.39 is 18.3 Å². The van der Waals surface area contributed by atoms with Crippen molar-refractivity contribution >= 4 is 53.3 Å². The van der Waals surface area contributed by atoms with Crippen LogP contribution in [-0.4, -0.2) is 34.2 Å². The smallest absolute Gasteiger partial charge is 0.400 e. The van der Waals surface area contributed by atoms with E-state index in [0.717, 1.165) is 5.47 Å². The van der Waals surface area contributed by atoms with E-state index in [1.165, 1.54) is 24.9 Å². The summed E-state index contributed by atoms with van der Waals surface area (Å²) in [7, 11) is -0.560. The number of nitrogens with zero attached hydrogens (tertiary/aromatic N) is 1. The van der Waals surface area contributed by atoms with Gasteiger partial charge in [0.1, 0.15) is 0 Å². The van der Waals surface area contributed by atoms with Crippen LogP contribution < -0.4 is 0 Å². The van der Waals surface area contributed by atoms with Crippen molar-refractivity contribution in [3.05, 3.63) is 33.5 Å². The van der Waals surface area contributed by atoms with Gasteiger partial charge in [-0.25, -0.2) is 0 Å². The predicted molar refractivity (Wildman–Crippen MR) is 101 cm³/mol. The summed E-state index contributed by atoms with van der Waals surface area (Å²) in [5.74, 6) is 0.437. The van der Waals surface area contributed by atoms with Gasteiger partial charge in [-0.2, -0.15) is 0 Å².